The summed E-state index contributed by atoms with van der Waals surface area (Å²) in [6.45, 7) is 2.69. The standard InChI is InChI=1S/C16H21N3O/c1-13(15-7-5-4-6-8-15)9-16(20)18(2)11-14-10-17-19(3)12-14/h4-8,10,12-13H,9,11H2,1-3H3. The quantitative estimate of drug-likeness (QED) is 0.838. The van der Waals surface area contributed by atoms with Crippen LogP contribution in [0.2, 0.25) is 0 Å². The first-order valence-corrected chi connectivity index (χ1v) is 6.82. The van der Waals surface area contributed by atoms with Crippen molar-refractivity contribution >= 4 is 5.91 Å². The normalized spacial score (nSPS) is 12.2. The molecule has 4 heteroatoms. The second kappa shape index (κ2) is 6.37. The third kappa shape index (κ3) is 3.70. The van der Waals surface area contributed by atoms with Gasteiger partial charge in [0.2, 0.25) is 5.91 Å². The van der Waals surface area contributed by atoms with Crippen LogP contribution < -0.4 is 0 Å². The fourth-order valence-electron chi connectivity index (χ4n) is 2.23. The van der Waals surface area contributed by atoms with E-state index in [0.717, 1.165) is 5.56 Å². The highest BCUT2D eigenvalue weighted by atomic mass is 16.2. The second-order valence-electron chi connectivity index (χ2n) is 5.29. The number of aromatic nitrogens is 2. The summed E-state index contributed by atoms with van der Waals surface area (Å²) in [5.74, 6) is 0.394. The van der Waals surface area contributed by atoms with Crippen LogP contribution in [-0.4, -0.2) is 27.6 Å². The highest BCUT2D eigenvalue weighted by Crippen LogP contribution is 2.19. The summed E-state index contributed by atoms with van der Waals surface area (Å²) in [6.07, 6.45) is 4.26. The summed E-state index contributed by atoms with van der Waals surface area (Å²) >= 11 is 0. The van der Waals surface area contributed by atoms with Crippen LogP contribution >= 0.6 is 0 Å². The van der Waals surface area contributed by atoms with E-state index in [0.29, 0.717) is 13.0 Å². The minimum Gasteiger partial charge on any atom is -0.341 e. The Morgan fingerprint density at radius 2 is 2.05 bits per heavy atom. The largest absolute Gasteiger partial charge is 0.341 e. The zero-order chi connectivity index (χ0) is 14.5. The highest BCUT2D eigenvalue weighted by molar-refractivity contribution is 5.76. The molecule has 0 N–H and O–H groups in total. The van der Waals surface area contributed by atoms with Crippen molar-refractivity contribution in [2.45, 2.75) is 25.8 Å². The maximum atomic E-state index is 12.2. The maximum Gasteiger partial charge on any atom is 0.223 e. The lowest BCUT2D eigenvalue weighted by Crippen LogP contribution is -2.27. The lowest BCUT2D eigenvalue weighted by atomic mass is 9.97. The number of amides is 1. The Bertz CT molecular complexity index is 562. The minimum atomic E-state index is 0.158. The van der Waals surface area contributed by atoms with Crippen LogP contribution in [0.3, 0.4) is 0 Å². The molecule has 1 aromatic heterocycles. The van der Waals surface area contributed by atoms with Gasteiger partial charge in [0.25, 0.3) is 0 Å². The molecule has 1 atom stereocenters. The van der Waals surface area contributed by atoms with E-state index in [1.165, 1.54) is 5.56 Å². The van der Waals surface area contributed by atoms with E-state index in [1.54, 1.807) is 15.8 Å². The fraction of sp³-hybridized carbons (Fsp3) is 0.375. The number of rotatable bonds is 5. The number of benzene rings is 1. The molecule has 0 fully saturated rings. The molecule has 0 bridgehead atoms. The summed E-state index contributed by atoms with van der Waals surface area (Å²) in [6, 6.07) is 10.1. The van der Waals surface area contributed by atoms with E-state index in [1.807, 2.05) is 38.5 Å². The van der Waals surface area contributed by atoms with Gasteiger partial charge in [-0.05, 0) is 11.5 Å². The van der Waals surface area contributed by atoms with E-state index < -0.39 is 0 Å². The number of carbonyl (C=O) groups is 1. The minimum absolute atomic E-state index is 0.158. The Kier molecular flexibility index (Phi) is 4.56. The average molecular weight is 271 g/mol. The molecular weight excluding hydrogens is 250 g/mol. The van der Waals surface area contributed by atoms with Crippen LogP contribution in [0.4, 0.5) is 0 Å². The molecule has 0 spiro atoms. The Morgan fingerprint density at radius 3 is 2.65 bits per heavy atom. The van der Waals surface area contributed by atoms with Crippen molar-refractivity contribution in [2.75, 3.05) is 7.05 Å². The molecule has 2 rings (SSSR count). The van der Waals surface area contributed by atoms with Crippen LogP contribution in [0.25, 0.3) is 0 Å². The average Bonchev–Trinajstić information content (AvgIpc) is 2.85. The molecule has 2 aromatic rings. The first-order valence-electron chi connectivity index (χ1n) is 6.82. The first kappa shape index (κ1) is 14.3. The second-order valence-corrected chi connectivity index (χ2v) is 5.29. The summed E-state index contributed by atoms with van der Waals surface area (Å²) in [4.78, 5) is 14.0. The molecule has 1 heterocycles. The third-order valence-corrected chi connectivity index (χ3v) is 3.45. The smallest absolute Gasteiger partial charge is 0.223 e. The molecule has 1 amide bonds. The molecular formula is C16H21N3O. The van der Waals surface area contributed by atoms with Gasteiger partial charge in [0.1, 0.15) is 0 Å². The van der Waals surface area contributed by atoms with Crippen LogP contribution in [0.1, 0.15) is 30.4 Å². The number of nitrogens with zero attached hydrogens (tertiary/aromatic N) is 3. The molecule has 0 saturated carbocycles. The van der Waals surface area contributed by atoms with Gasteiger partial charge in [0.15, 0.2) is 0 Å². The van der Waals surface area contributed by atoms with Gasteiger partial charge in [-0.25, -0.2) is 0 Å². The summed E-state index contributed by atoms with van der Waals surface area (Å²) < 4.78 is 1.75. The Balaban J connectivity index is 1.91. The van der Waals surface area contributed by atoms with Crippen molar-refractivity contribution < 1.29 is 4.79 Å². The van der Waals surface area contributed by atoms with Crippen molar-refractivity contribution in [3.05, 3.63) is 53.9 Å². The van der Waals surface area contributed by atoms with Crippen LogP contribution in [0.15, 0.2) is 42.7 Å². The van der Waals surface area contributed by atoms with Crippen molar-refractivity contribution in [2.24, 2.45) is 7.05 Å². The molecule has 0 radical (unpaired) electrons. The molecule has 0 aliphatic rings. The van der Waals surface area contributed by atoms with Gasteiger partial charge in [-0.1, -0.05) is 37.3 Å². The zero-order valence-corrected chi connectivity index (χ0v) is 12.3. The molecule has 0 aliphatic heterocycles. The number of hydrogen-bond acceptors (Lipinski definition) is 2. The monoisotopic (exact) mass is 271 g/mol. The number of carbonyl (C=O) groups excluding carboxylic acids is 1. The van der Waals surface area contributed by atoms with Gasteiger partial charge in [0.05, 0.1) is 6.20 Å². The predicted octanol–water partition coefficient (Wildman–Crippen LogP) is 2.57. The zero-order valence-electron chi connectivity index (χ0n) is 12.3. The molecule has 1 aromatic carbocycles. The molecule has 1 unspecified atom stereocenters. The van der Waals surface area contributed by atoms with Crippen LogP contribution in [0.5, 0.6) is 0 Å². The number of hydrogen-bond donors (Lipinski definition) is 0. The molecule has 4 nitrogen and oxygen atoms in total. The van der Waals surface area contributed by atoms with Crippen LogP contribution in [-0.2, 0) is 18.4 Å². The molecule has 20 heavy (non-hydrogen) atoms. The van der Waals surface area contributed by atoms with Gasteiger partial charge >= 0.3 is 0 Å². The Hall–Kier alpha value is -2.10. The number of aryl methyl sites for hydroxylation is 1. The van der Waals surface area contributed by atoms with Crippen LogP contribution in [0, 0.1) is 0 Å². The van der Waals surface area contributed by atoms with Gasteiger partial charge in [-0.2, -0.15) is 5.10 Å². The lowest BCUT2D eigenvalue weighted by Gasteiger charge is -2.19. The lowest BCUT2D eigenvalue weighted by molar-refractivity contribution is -0.130. The van der Waals surface area contributed by atoms with Crippen molar-refractivity contribution in [1.82, 2.24) is 14.7 Å². The van der Waals surface area contributed by atoms with Gasteiger partial charge < -0.3 is 4.90 Å². The summed E-state index contributed by atoms with van der Waals surface area (Å²) in [7, 11) is 3.72. The molecule has 0 saturated heterocycles. The van der Waals surface area contributed by atoms with Gasteiger partial charge in [-0.15, -0.1) is 0 Å². The maximum absolute atomic E-state index is 12.2. The van der Waals surface area contributed by atoms with Gasteiger partial charge in [0, 0.05) is 38.8 Å². The summed E-state index contributed by atoms with van der Waals surface area (Å²) in [5.41, 5.74) is 2.26. The van der Waals surface area contributed by atoms with E-state index in [9.17, 15) is 4.79 Å². The van der Waals surface area contributed by atoms with Gasteiger partial charge in [-0.3, -0.25) is 9.48 Å². The Labute approximate surface area is 120 Å². The first-order chi connectivity index (χ1) is 9.56. The molecule has 106 valence electrons. The van der Waals surface area contributed by atoms with Crippen molar-refractivity contribution in [3.63, 3.8) is 0 Å². The van der Waals surface area contributed by atoms with E-state index in [4.69, 9.17) is 0 Å². The SMILES string of the molecule is CC(CC(=O)N(C)Cc1cnn(C)c1)c1ccccc1. The van der Waals surface area contributed by atoms with E-state index >= 15 is 0 Å². The topological polar surface area (TPSA) is 38.1 Å². The molecule has 0 aliphatic carbocycles. The summed E-state index contributed by atoms with van der Waals surface area (Å²) in [5, 5.41) is 4.12. The third-order valence-electron chi connectivity index (χ3n) is 3.45. The Morgan fingerprint density at radius 1 is 1.35 bits per heavy atom. The van der Waals surface area contributed by atoms with Crippen molar-refractivity contribution in [1.29, 1.82) is 0 Å². The highest BCUT2D eigenvalue weighted by Gasteiger charge is 2.15. The fourth-order valence-corrected chi connectivity index (χ4v) is 2.23. The van der Waals surface area contributed by atoms with E-state index in [2.05, 4.69) is 24.2 Å². The van der Waals surface area contributed by atoms with Crippen molar-refractivity contribution in [3.8, 4) is 0 Å². The predicted molar refractivity (Wildman–Crippen MR) is 79.2 cm³/mol. The van der Waals surface area contributed by atoms with E-state index in [-0.39, 0.29) is 11.8 Å².